The number of hydrogen-bond acceptors (Lipinski definition) is 3. The summed E-state index contributed by atoms with van der Waals surface area (Å²) in [5, 5.41) is 2.31. The zero-order chi connectivity index (χ0) is 12.2. The van der Waals surface area contributed by atoms with Crippen molar-refractivity contribution in [1.29, 1.82) is 0 Å². The normalized spacial score (nSPS) is 11.0. The van der Waals surface area contributed by atoms with Gasteiger partial charge in [0.1, 0.15) is 5.75 Å². The predicted octanol–water partition coefficient (Wildman–Crippen LogP) is 1.23. The maximum atomic E-state index is 11.8. The Labute approximate surface area is 89.2 Å². The van der Waals surface area contributed by atoms with E-state index in [1.54, 1.807) is 0 Å². The molecule has 3 N–H and O–H groups in total. The molecule has 1 aromatic rings. The molecule has 1 amide bonds. The van der Waals surface area contributed by atoms with Gasteiger partial charge < -0.3 is 15.8 Å². The molecule has 0 aliphatic carbocycles. The monoisotopic (exact) mass is 234 g/mol. The van der Waals surface area contributed by atoms with Crippen LogP contribution >= 0.6 is 0 Å². The summed E-state index contributed by atoms with van der Waals surface area (Å²) < 4.78 is 39.0. The third-order valence-electron chi connectivity index (χ3n) is 1.61. The fourth-order valence-corrected chi connectivity index (χ4v) is 1.00. The van der Waals surface area contributed by atoms with Gasteiger partial charge in [-0.05, 0) is 24.3 Å². The molecule has 0 spiro atoms. The summed E-state index contributed by atoms with van der Waals surface area (Å²) in [4.78, 5) is 11.2. The highest BCUT2D eigenvalue weighted by molar-refractivity contribution is 5.94. The van der Waals surface area contributed by atoms with Gasteiger partial charge in [0.25, 0.3) is 5.91 Å². The number of alkyl halides is 3. The highest BCUT2D eigenvalue weighted by Crippen LogP contribution is 2.22. The van der Waals surface area contributed by atoms with Crippen LogP contribution in [-0.4, -0.2) is 18.9 Å². The first-order valence-corrected chi connectivity index (χ1v) is 4.26. The third kappa shape index (κ3) is 3.77. The molecule has 0 unspecified atom stereocenters. The molecular formula is C9H9F3N2O2. The molecule has 0 fully saturated rings. The summed E-state index contributed by atoms with van der Waals surface area (Å²) in [6.45, 7) is -0.0420. The molecule has 0 saturated heterocycles. The van der Waals surface area contributed by atoms with E-state index in [0.717, 1.165) is 12.1 Å². The SMILES string of the molecule is NCNC(=O)c1ccc(OC(F)(F)F)cc1. The Balaban J connectivity index is 2.72. The molecule has 0 heterocycles. The van der Waals surface area contributed by atoms with Crippen molar-refractivity contribution in [2.45, 2.75) is 6.36 Å². The van der Waals surface area contributed by atoms with Crippen molar-refractivity contribution in [2.75, 3.05) is 6.67 Å². The van der Waals surface area contributed by atoms with E-state index in [-0.39, 0.29) is 18.0 Å². The van der Waals surface area contributed by atoms with Gasteiger partial charge in [-0.1, -0.05) is 0 Å². The van der Waals surface area contributed by atoms with Crippen LogP contribution in [0.25, 0.3) is 0 Å². The van der Waals surface area contributed by atoms with Crippen LogP contribution in [0.1, 0.15) is 10.4 Å². The van der Waals surface area contributed by atoms with Crippen molar-refractivity contribution in [3.63, 3.8) is 0 Å². The average Bonchev–Trinajstić information content (AvgIpc) is 2.16. The van der Waals surface area contributed by atoms with Crippen molar-refractivity contribution >= 4 is 5.91 Å². The molecule has 88 valence electrons. The Bertz CT molecular complexity index is 362. The zero-order valence-electron chi connectivity index (χ0n) is 8.04. The highest BCUT2D eigenvalue weighted by atomic mass is 19.4. The van der Waals surface area contributed by atoms with Gasteiger partial charge >= 0.3 is 6.36 Å². The molecule has 7 heteroatoms. The van der Waals surface area contributed by atoms with E-state index >= 15 is 0 Å². The van der Waals surface area contributed by atoms with Gasteiger partial charge in [-0.3, -0.25) is 4.79 Å². The first kappa shape index (κ1) is 12.3. The number of carbonyl (C=O) groups excluding carboxylic acids is 1. The number of amides is 1. The van der Waals surface area contributed by atoms with Crippen LogP contribution in [0.2, 0.25) is 0 Å². The molecule has 1 rings (SSSR count). The van der Waals surface area contributed by atoms with Gasteiger partial charge in [0.15, 0.2) is 0 Å². The first-order valence-electron chi connectivity index (χ1n) is 4.26. The van der Waals surface area contributed by atoms with E-state index < -0.39 is 12.3 Å². The fourth-order valence-electron chi connectivity index (χ4n) is 1.00. The molecule has 0 bridgehead atoms. The molecule has 16 heavy (non-hydrogen) atoms. The van der Waals surface area contributed by atoms with Crippen molar-refractivity contribution in [3.8, 4) is 5.75 Å². The van der Waals surface area contributed by atoms with Crippen LogP contribution in [0, 0.1) is 0 Å². The Hall–Kier alpha value is -1.76. The molecule has 0 atom stereocenters. The highest BCUT2D eigenvalue weighted by Gasteiger charge is 2.30. The molecule has 0 radical (unpaired) electrons. The minimum absolute atomic E-state index is 0.0420. The van der Waals surface area contributed by atoms with Crippen molar-refractivity contribution in [2.24, 2.45) is 5.73 Å². The van der Waals surface area contributed by atoms with Gasteiger partial charge in [0.05, 0.1) is 6.67 Å². The average molecular weight is 234 g/mol. The standard InChI is InChI=1S/C9H9F3N2O2/c10-9(11,12)16-7-3-1-6(2-4-7)8(15)14-5-13/h1-4H,5,13H2,(H,14,15). The lowest BCUT2D eigenvalue weighted by Gasteiger charge is -2.09. The van der Waals surface area contributed by atoms with E-state index in [9.17, 15) is 18.0 Å². The molecule has 0 aromatic heterocycles. The van der Waals surface area contributed by atoms with E-state index in [1.165, 1.54) is 12.1 Å². The summed E-state index contributed by atoms with van der Waals surface area (Å²) in [5.41, 5.74) is 5.28. The fraction of sp³-hybridized carbons (Fsp3) is 0.222. The van der Waals surface area contributed by atoms with E-state index in [1.807, 2.05) is 0 Å². The van der Waals surface area contributed by atoms with Gasteiger partial charge in [-0.2, -0.15) is 0 Å². The maximum Gasteiger partial charge on any atom is 0.573 e. The number of ether oxygens (including phenoxy) is 1. The smallest absolute Gasteiger partial charge is 0.406 e. The third-order valence-corrected chi connectivity index (χ3v) is 1.61. The van der Waals surface area contributed by atoms with Crippen molar-refractivity contribution < 1.29 is 22.7 Å². The quantitative estimate of drug-likeness (QED) is 0.773. The summed E-state index contributed by atoms with van der Waals surface area (Å²) in [6.07, 6.45) is -4.74. The zero-order valence-corrected chi connectivity index (χ0v) is 8.04. The predicted molar refractivity (Wildman–Crippen MR) is 49.6 cm³/mol. The Morgan fingerprint density at radius 2 is 1.88 bits per heavy atom. The molecule has 4 nitrogen and oxygen atoms in total. The number of nitrogens with one attached hydrogen (secondary N) is 1. The van der Waals surface area contributed by atoms with Crippen LogP contribution in [0.5, 0.6) is 5.75 Å². The Morgan fingerprint density at radius 3 is 2.31 bits per heavy atom. The summed E-state index contributed by atoms with van der Waals surface area (Å²) in [7, 11) is 0. The second-order valence-corrected chi connectivity index (χ2v) is 2.78. The number of halogens is 3. The number of carbonyl (C=O) groups is 1. The van der Waals surface area contributed by atoms with Gasteiger partial charge in [0, 0.05) is 5.56 Å². The van der Waals surface area contributed by atoms with Crippen LogP contribution in [0.3, 0.4) is 0 Å². The number of rotatable bonds is 3. The lowest BCUT2D eigenvalue weighted by Crippen LogP contribution is -2.29. The van der Waals surface area contributed by atoms with Crippen LogP contribution < -0.4 is 15.8 Å². The van der Waals surface area contributed by atoms with Crippen LogP contribution in [0.4, 0.5) is 13.2 Å². The second kappa shape index (κ2) is 4.84. The minimum Gasteiger partial charge on any atom is -0.406 e. The maximum absolute atomic E-state index is 11.8. The number of benzene rings is 1. The lowest BCUT2D eigenvalue weighted by molar-refractivity contribution is -0.274. The molecule has 1 aromatic carbocycles. The molecule has 0 aliphatic heterocycles. The second-order valence-electron chi connectivity index (χ2n) is 2.78. The Kier molecular flexibility index (Phi) is 3.73. The Morgan fingerprint density at radius 1 is 1.31 bits per heavy atom. The minimum atomic E-state index is -4.74. The molecule has 0 saturated carbocycles. The van der Waals surface area contributed by atoms with E-state index in [0.29, 0.717) is 0 Å². The molecule has 0 aliphatic rings. The summed E-state index contributed by atoms with van der Waals surface area (Å²) in [6, 6.07) is 4.54. The van der Waals surface area contributed by atoms with Crippen LogP contribution in [0.15, 0.2) is 24.3 Å². The van der Waals surface area contributed by atoms with Gasteiger partial charge in [-0.15, -0.1) is 13.2 Å². The molecular weight excluding hydrogens is 225 g/mol. The first-order chi connectivity index (χ1) is 7.42. The van der Waals surface area contributed by atoms with Crippen LogP contribution in [-0.2, 0) is 0 Å². The lowest BCUT2D eigenvalue weighted by atomic mass is 10.2. The number of nitrogens with two attached hydrogens (primary N) is 1. The summed E-state index contributed by atoms with van der Waals surface area (Å²) in [5.74, 6) is -0.835. The summed E-state index contributed by atoms with van der Waals surface area (Å²) >= 11 is 0. The van der Waals surface area contributed by atoms with E-state index in [2.05, 4.69) is 10.1 Å². The van der Waals surface area contributed by atoms with Crippen molar-refractivity contribution in [1.82, 2.24) is 5.32 Å². The van der Waals surface area contributed by atoms with Crippen molar-refractivity contribution in [3.05, 3.63) is 29.8 Å². The van der Waals surface area contributed by atoms with E-state index in [4.69, 9.17) is 5.73 Å². The topological polar surface area (TPSA) is 64.3 Å². The number of hydrogen-bond donors (Lipinski definition) is 2. The van der Waals surface area contributed by atoms with Gasteiger partial charge in [-0.25, -0.2) is 0 Å². The van der Waals surface area contributed by atoms with Gasteiger partial charge in [0.2, 0.25) is 0 Å². The largest absolute Gasteiger partial charge is 0.573 e.